The number of amidine groups is 1. The minimum absolute atomic E-state index is 0.000734. The van der Waals surface area contributed by atoms with Crippen LogP contribution in [-0.4, -0.2) is 40.8 Å². The van der Waals surface area contributed by atoms with Crippen LogP contribution in [0.5, 0.6) is 0 Å². The van der Waals surface area contributed by atoms with E-state index in [0.29, 0.717) is 0 Å². The minimum Gasteiger partial charge on any atom is -0.386 e. The number of anilines is 1. The van der Waals surface area contributed by atoms with E-state index in [4.69, 9.17) is 10.9 Å². The summed E-state index contributed by atoms with van der Waals surface area (Å²) in [5, 5.41) is 18.6. The van der Waals surface area contributed by atoms with Crippen LogP contribution in [0.3, 0.4) is 0 Å². The Bertz CT molecular complexity index is 1230. The Kier molecular flexibility index (Phi) is 5.76. The third kappa shape index (κ3) is 4.84. The lowest BCUT2D eigenvalue weighted by Crippen LogP contribution is -2.21. The number of benzene rings is 1. The van der Waals surface area contributed by atoms with E-state index < -0.39 is 21.8 Å². The molecule has 0 unspecified atom stereocenters. The van der Waals surface area contributed by atoms with Gasteiger partial charge >= 0.3 is 16.0 Å². The number of nitrogens with two attached hydrogens (primary N) is 2. The summed E-state index contributed by atoms with van der Waals surface area (Å²) < 4.78 is 48.9. The molecule has 0 radical (unpaired) electrons. The Morgan fingerprint density at radius 2 is 2.10 bits per heavy atom. The van der Waals surface area contributed by atoms with E-state index in [-0.39, 0.29) is 46.3 Å². The lowest BCUT2D eigenvalue weighted by atomic mass is 10.3. The largest absolute Gasteiger partial charge is 0.446 e. The van der Waals surface area contributed by atoms with Gasteiger partial charge in [0.25, 0.3) is 0 Å². The van der Waals surface area contributed by atoms with E-state index in [0.717, 1.165) is 10.6 Å². The van der Waals surface area contributed by atoms with Gasteiger partial charge < -0.3 is 11.1 Å². The van der Waals surface area contributed by atoms with Gasteiger partial charge in [-0.3, -0.25) is 4.52 Å². The van der Waals surface area contributed by atoms with Crippen molar-refractivity contribution in [1.82, 2.24) is 20.0 Å². The molecule has 0 spiro atoms. The minimum atomic E-state index is -4.10. The highest BCUT2D eigenvalue weighted by atomic mass is 79.9. The fraction of sp³-hybridized carbons (Fsp3) is 0.154. The lowest BCUT2D eigenvalue weighted by Gasteiger charge is -2.06. The quantitative estimate of drug-likeness (QED) is 0.302. The second-order valence-electron chi connectivity index (χ2n) is 5.44. The maximum atomic E-state index is 13.5. The molecule has 0 bridgehead atoms. The number of rotatable bonds is 7. The summed E-state index contributed by atoms with van der Waals surface area (Å²) in [4.78, 5) is 12.1. The number of halogens is 2. The van der Waals surface area contributed by atoms with Crippen LogP contribution in [-0.2, 0) is 10.2 Å². The van der Waals surface area contributed by atoms with Crippen molar-refractivity contribution in [3.8, 4) is 17.2 Å². The van der Waals surface area contributed by atoms with E-state index in [1.165, 1.54) is 12.1 Å². The first kappa shape index (κ1) is 20.6. The molecule has 16 heteroatoms. The standard InChI is InChI=1S/C13H12BrFN8O5S/c14-7-5-6(1-2-8(7)15)23-12(21-27-13(23)24)10-11(20-28-19-10)18-4-3-9(16)22-29(17,25)26/h1-2,5H,3-4H2,(H2,16,22)(H,18,20)(H2,17,25,26). The molecular weight excluding hydrogens is 479 g/mol. The van der Waals surface area contributed by atoms with Crippen molar-refractivity contribution in [2.75, 3.05) is 11.9 Å². The van der Waals surface area contributed by atoms with Crippen LogP contribution in [0.25, 0.3) is 17.2 Å². The highest BCUT2D eigenvalue weighted by Gasteiger charge is 2.23. The van der Waals surface area contributed by atoms with E-state index in [9.17, 15) is 17.6 Å². The Morgan fingerprint density at radius 3 is 2.79 bits per heavy atom. The molecule has 0 aliphatic carbocycles. The van der Waals surface area contributed by atoms with Gasteiger partial charge in [0.1, 0.15) is 11.7 Å². The van der Waals surface area contributed by atoms with Crippen molar-refractivity contribution >= 4 is 37.8 Å². The first-order valence-corrected chi connectivity index (χ1v) is 9.93. The van der Waals surface area contributed by atoms with Gasteiger partial charge in [0.05, 0.1) is 10.2 Å². The smallest absolute Gasteiger partial charge is 0.386 e. The van der Waals surface area contributed by atoms with Crippen molar-refractivity contribution in [3.05, 3.63) is 39.0 Å². The number of aromatic nitrogens is 4. The number of hydrogen-bond donors (Lipinski definition) is 3. The molecule has 0 amide bonds. The van der Waals surface area contributed by atoms with Crippen molar-refractivity contribution in [3.63, 3.8) is 0 Å². The zero-order valence-electron chi connectivity index (χ0n) is 14.2. The maximum absolute atomic E-state index is 13.5. The Hall–Kier alpha value is -3.11. The second-order valence-corrected chi connectivity index (χ2v) is 7.51. The Morgan fingerprint density at radius 1 is 1.34 bits per heavy atom. The van der Waals surface area contributed by atoms with E-state index >= 15 is 0 Å². The summed E-state index contributed by atoms with van der Waals surface area (Å²) in [5.41, 5.74) is 5.72. The SMILES string of the molecule is N/C(CCNc1nonc1-c1noc(=O)n1-c1ccc(F)c(Br)c1)=N\S(N)(=O)=O. The van der Waals surface area contributed by atoms with Gasteiger partial charge in [0.15, 0.2) is 5.69 Å². The average Bonchev–Trinajstić information content (AvgIpc) is 3.22. The van der Waals surface area contributed by atoms with E-state index in [1.54, 1.807) is 0 Å². The topological polar surface area (TPSA) is 198 Å². The van der Waals surface area contributed by atoms with Crippen LogP contribution in [0.15, 0.2) is 41.0 Å². The molecule has 154 valence electrons. The highest BCUT2D eigenvalue weighted by Crippen LogP contribution is 2.26. The van der Waals surface area contributed by atoms with Crippen LogP contribution in [0.4, 0.5) is 10.2 Å². The summed E-state index contributed by atoms with van der Waals surface area (Å²) in [5.74, 6) is -1.60. The molecule has 29 heavy (non-hydrogen) atoms. The summed E-state index contributed by atoms with van der Waals surface area (Å²) >= 11 is 3.04. The lowest BCUT2D eigenvalue weighted by molar-refractivity contribution is 0.309. The average molecular weight is 491 g/mol. The van der Waals surface area contributed by atoms with Gasteiger partial charge in [-0.05, 0) is 44.4 Å². The van der Waals surface area contributed by atoms with Crippen molar-refractivity contribution < 1.29 is 22.0 Å². The Labute approximate surface area is 169 Å². The summed E-state index contributed by atoms with van der Waals surface area (Å²) in [7, 11) is -4.10. The number of nitrogens with zero attached hydrogens (tertiary/aromatic N) is 5. The predicted molar refractivity (Wildman–Crippen MR) is 101 cm³/mol. The number of hydrogen-bond acceptors (Lipinski definition) is 9. The molecule has 0 aliphatic rings. The van der Waals surface area contributed by atoms with E-state index in [1.807, 2.05) is 0 Å². The van der Waals surface area contributed by atoms with Gasteiger partial charge in [-0.1, -0.05) is 5.16 Å². The first-order chi connectivity index (χ1) is 13.7. The van der Waals surface area contributed by atoms with Crippen LogP contribution in [0, 0.1) is 5.82 Å². The zero-order valence-corrected chi connectivity index (χ0v) is 16.6. The Balaban J connectivity index is 1.87. The van der Waals surface area contributed by atoms with Crippen LogP contribution in [0.2, 0.25) is 0 Å². The van der Waals surface area contributed by atoms with Gasteiger partial charge in [0, 0.05) is 13.0 Å². The highest BCUT2D eigenvalue weighted by molar-refractivity contribution is 9.10. The zero-order chi connectivity index (χ0) is 21.2. The van der Waals surface area contributed by atoms with Crippen LogP contribution in [0.1, 0.15) is 6.42 Å². The van der Waals surface area contributed by atoms with Crippen molar-refractivity contribution in [2.24, 2.45) is 15.3 Å². The third-order valence-corrected chi connectivity index (χ3v) is 4.48. The monoisotopic (exact) mass is 490 g/mol. The van der Waals surface area contributed by atoms with Gasteiger partial charge in [0.2, 0.25) is 11.6 Å². The summed E-state index contributed by atoms with van der Waals surface area (Å²) in [6, 6.07) is 3.84. The molecule has 3 aromatic rings. The molecule has 0 saturated heterocycles. The van der Waals surface area contributed by atoms with Gasteiger partial charge in [-0.25, -0.2) is 23.5 Å². The molecule has 5 N–H and O–H groups in total. The first-order valence-electron chi connectivity index (χ1n) is 7.63. The predicted octanol–water partition coefficient (Wildman–Crippen LogP) is 0.140. The molecule has 0 atom stereocenters. The van der Waals surface area contributed by atoms with Crippen LogP contribution < -0.4 is 21.9 Å². The molecule has 0 aliphatic heterocycles. The summed E-state index contributed by atoms with van der Waals surface area (Å²) in [6.07, 6.45) is -0.000734. The molecule has 0 saturated carbocycles. The fourth-order valence-corrected chi connectivity index (χ4v) is 3.01. The molecule has 3 rings (SSSR count). The van der Waals surface area contributed by atoms with Crippen molar-refractivity contribution in [1.29, 1.82) is 0 Å². The van der Waals surface area contributed by atoms with Crippen molar-refractivity contribution in [2.45, 2.75) is 6.42 Å². The maximum Gasteiger partial charge on any atom is 0.446 e. The van der Waals surface area contributed by atoms with Gasteiger partial charge in [-0.2, -0.15) is 8.42 Å². The molecule has 1 aromatic carbocycles. The van der Waals surface area contributed by atoms with E-state index in [2.05, 4.69) is 50.3 Å². The van der Waals surface area contributed by atoms with Gasteiger partial charge in [-0.15, -0.1) is 4.40 Å². The second kappa shape index (κ2) is 8.10. The normalized spacial score (nSPS) is 12.3. The molecule has 13 nitrogen and oxygen atoms in total. The molecular formula is C13H12BrFN8O5S. The summed E-state index contributed by atoms with van der Waals surface area (Å²) in [6.45, 7) is 0.0796. The molecule has 0 fully saturated rings. The number of nitrogens with one attached hydrogen (secondary N) is 1. The molecule has 2 heterocycles. The fourth-order valence-electron chi connectivity index (χ4n) is 2.22. The van der Waals surface area contributed by atoms with Crippen LogP contribution >= 0.6 is 15.9 Å². The third-order valence-electron chi connectivity index (χ3n) is 3.38. The molecule has 2 aromatic heterocycles.